The molecule has 0 unspecified atom stereocenters. The van der Waals surface area contributed by atoms with E-state index < -0.39 is 0 Å². The molecule has 7 nitrogen and oxygen atoms in total. The molecule has 2 aromatic carbocycles. The van der Waals surface area contributed by atoms with Crippen molar-refractivity contribution >= 4 is 29.1 Å². The molecule has 0 aliphatic carbocycles. The summed E-state index contributed by atoms with van der Waals surface area (Å²) in [6.45, 7) is 5.54. The zero-order valence-corrected chi connectivity index (χ0v) is 18.3. The van der Waals surface area contributed by atoms with Gasteiger partial charge >= 0.3 is 0 Å². The van der Waals surface area contributed by atoms with Crippen LogP contribution in [0.25, 0.3) is 5.69 Å². The van der Waals surface area contributed by atoms with Crippen LogP contribution in [0.1, 0.15) is 39.8 Å². The van der Waals surface area contributed by atoms with E-state index >= 15 is 0 Å². The first-order valence-electron chi connectivity index (χ1n) is 10.1. The van der Waals surface area contributed by atoms with Gasteiger partial charge in [-0.1, -0.05) is 23.7 Å². The summed E-state index contributed by atoms with van der Waals surface area (Å²) in [6, 6.07) is 14.1. The number of hydrogen-bond donors (Lipinski definition) is 2. The Kier molecular flexibility index (Phi) is 7.81. The summed E-state index contributed by atoms with van der Waals surface area (Å²) in [5.41, 5.74) is 2.89. The van der Waals surface area contributed by atoms with Crippen molar-refractivity contribution in [2.75, 3.05) is 25.1 Å². The fraction of sp³-hybridized carbons (Fsp3) is 0.261. The van der Waals surface area contributed by atoms with E-state index in [4.69, 9.17) is 16.3 Å². The monoisotopic (exact) mass is 440 g/mol. The lowest BCUT2D eigenvalue weighted by Crippen LogP contribution is -2.25. The standard InChI is InChI=1S/C23H25ClN4O3/c1-3-31-12-6-11-25-22(29)17-7-4-9-19(13-17)27-23(30)21-15-26-28(16(21)2)20-10-5-8-18(24)14-20/h4-5,7-10,13-15H,3,6,11-12H2,1-2H3,(H,25,29)(H,27,30). The zero-order chi connectivity index (χ0) is 22.2. The van der Waals surface area contributed by atoms with Crippen LogP contribution in [-0.2, 0) is 4.74 Å². The molecule has 1 heterocycles. The maximum absolute atomic E-state index is 12.8. The predicted octanol–water partition coefficient (Wildman–Crippen LogP) is 4.24. The van der Waals surface area contributed by atoms with Crippen LogP contribution in [0.3, 0.4) is 0 Å². The summed E-state index contributed by atoms with van der Waals surface area (Å²) >= 11 is 6.06. The lowest BCUT2D eigenvalue weighted by atomic mass is 10.1. The van der Waals surface area contributed by atoms with Gasteiger partial charge in [-0.3, -0.25) is 9.59 Å². The molecule has 0 aliphatic rings. The van der Waals surface area contributed by atoms with Gasteiger partial charge < -0.3 is 15.4 Å². The number of aromatic nitrogens is 2. The molecule has 0 radical (unpaired) electrons. The number of rotatable bonds is 9. The summed E-state index contributed by atoms with van der Waals surface area (Å²) in [5, 5.41) is 10.6. The Morgan fingerprint density at radius 1 is 1.13 bits per heavy atom. The van der Waals surface area contributed by atoms with Crippen LogP contribution in [-0.4, -0.2) is 41.4 Å². The van der Waals surface area contributed by atoms with Gasteiger partial charge in [-0.05, 0) is 56.7 Å². The molecule has 0 aliphatic heterocycles. The van der Waals surface area contributed by atoms with E-state index in [2.05, 4.69) is 15.7 Å². The number of nitrogens with one attached hydrogen (secondary N) is 2. The number of ether oxygens (including phenoxy) is 1. The lowest BCUT2D eigenvalue weighted by molar-refractivity contribution is 0.0943. The van der Waals surface area contributed by atoms with Gasteiger partial charge in [0, 0.05) is 36.0 Å². The summed E-state index contributed by atoms with van der Waals surface area (Å²) < 4.78 is 6.92. The first-order valence-corrected chi connectivity index (χ1v) is 10.5. The van der Waals surface area contributed by atoms with Crippen LogP contribution < -0.4 is 10.6 Å². The van der Waals surface area contributed by atoms with Crippen molar-refractivity contribution < 1.29 is 14.3 Å². The fourth-order valence-electron chi connectivity index (χ4n) is 3.06. The minimum Gasteiger partial charge on any atom is -0.382 e. The Morgan fingerprint density at radius 2 is 1.94 bits per heavy atom. The average Bonchev–Trinajstić information content (AvgIpc) is 3.15. The molecule has 0 saturated carbocycles. The van der Waals surface area contributed by atoms with Gasteiger partial charge in [0.25, 0.3) is 11.8 Å². The Labute approximate surface area is 186 Å². The summed E-state index contributed by atoms with van der Waals surface area (Å²) in [4.78, 5) is 25.1. The highest BCUT2D eigenvalue weighted by molar-refractivity contribution is 6.30. The van der Waals surface area contributed by atoms with E-state index in [0.717, 1.165) is 12.1 Å². The summed E-state index contributed by atoms with van der Waals surface area (Å²) in [5.74, 6) is -0.502. The van der Waals surface area contributed by atoms with Gasteiger partial charge in [0.05, 0.1) is 23.1 Å². The SMILES string of the molecule is CCOCCCNC(=O)c1cccc(NC(=O)c2cnn(-c3cccc(Cl)c3)c2C)c1. The van der Waals surface area contributed by atoms with Crippen LogP contribution in [0.4, 0.5) is 5.69 Å². The number of carbonyl (C=O) groups is 2. The molecule has 0 fully saturated rings. The van der Waals surface area contributed by atoms with Gasteiger partial charge in [0.1, 0.15) is 0 Å². The number of nitrogens with zero attached hydrogens (tertiary/aromatic N) is 2. The van der Waals surface area contributed by atoms with Crippen LogP contribution in [0.2, 0.25) is 5.02 Å². The van der Waals surface area contributed by atoms with Gasteiger partial charge in [-0.15, -0.1) is 0 Å². The van der Waals surface area contributed by atoms with Crippen molar-refractivity contribution in [3.8, 4) is 5.69 Å². The van der Waals surface area contributed by atoms with Crippen LogP contribution >= 0.6 is 11.6 Å². The Hall–Kier alpha value is -3.16. The highest BCUT2D eigenvalue weighted by atomic mass is 35.5. The fourth-order valence-corrected chi connectivity index (χ4v) is 3.24. The van der Waals surface area contributed by atoms with Crippen molar-refractivity contribution in [2.45, 2.75) is 20.3 Å². The van der Waals surface area contributed by atoms with Gasteiger partial charge in [0.15, 0.2) is 0 Å². The molecule has 0 spiro atoms. The van der Waals surface area contributed by atoms with E-state index in [-0.39, 0.29) is 11.8 Å². The van der Waals surface area contributed by atoms with Crippen molar-refractivity contribution in [1.29, 1.82) is 0 Å². The molecular weight excluding hydrogens is 416 g/mol. The molecule has 0 bridgehead atoms. The molecule has 8 heteroatoms. The second-order valence-electron chi connectivity index (χ2n) is 6.88. The molecule has 2 N–H and O–H groups in total. The van der Waals surface area contributed by atoms with E-state index in [1.807, 2.05) is 26.0 Å². The highest BCUT2D eigenvalue weighted by Gasteiger charge is 2.16. The van der Waals surface area contributed by atoms with E-state index in [1.54, 1.807) is 41.1 Å². The third-order valence-electron chi connectivity index (χ3n) is 4.64. The third-order valence-corrected chi connectivity index (χ3v) is 4.88. The first-order chi connectivity index (χ1) is 15.0. The average molecular weight is 441 g/mol. The van der Waals surface area contributed by atoms with E-state index in [9.17, 15) is 9.59 Å². The predicted molar refractivity (Wildman–Crippen MR) is 121 cm³/mol. The number of amides is 2. The molecule has 31 heavy (non-hydrogen) atoms. The molecule has 3 aromatic rings. The van der Waals surface area contributed by atoms with Gasteiger partial charge in [-0.2, -0.15) is 5.10 Å². The molecule has 2 amide bonds. The molecule has 162 valence electrons. The maximum Gasteiger partial charge on any atom is 0.259 e. The summed E-state index contributed by atoms with van der Waals surface area (Å²) in [6.07, 6.45) is 2.26. The number of anilines is 1. The number of halogens is 1. The molecule has 0 atom stereocenters. The summed E-state index contributed by atoms with van der Waals surface area (Å²) in [7, 11) is 0. The van der Waals surface area contributed by atoms with Crippen LogP contribution in [0.5, 0.6) is 0 Å². The van der Waals surface area contributed by atoms with E-state index in [1.165, 1.54) is 6.20 Å². The normalized spacial score (nSPS) is 10.7. The number of hydrogen-bond acceptors (Lipinski definition) is 4. The van der Waals surface area contributed by atoms with Gasteiger partial charge in [-0.25, -0.2) is 4.68 Å². The topological polar surface area (TPSA) is 85.2 Å². The quantitative estimate of drug-likeness (QED) is 0.487. The maximum atomic E-state index is 12.8. The largest absolute Gasteiger partial charge is 0.382 e. The Bertz CT molecular complexity index is 1060. The van der Waals surface area contributed by atoms with Crippen molar-refractivity contribution in [3.05, 3.63) is 76.6 Å². The lowest BCUT2D eigenvalue weighted by Gasteiger charge is -2.09. The van der Waals surface area contributed by atoms with Crippen LogP contribution in [0, 0.1) is 6.92 Å². The van der Waals surface area contributed by atoms with Crippen molar-refractivity contribution in [2.24, 2.45) is 0 Å². The minimum atomic E-state index is -0.306. The Morgan fingerprint density at radius 3 is 2.71 bits per heavy atom. The van der Waals surface area contributed by atoms with Gasteiger partial charge in [0.2, 0.25) is 0 Å². The molecule has 1 aromatic heterocycles. The molecule has 0 saturated heterocycles. The second-order valence-corrected chi connectivity index (χ2v) is 7.31. The van der Waals surface area contributed by atoms with E-state index in [0.29, 0.717) is 47.3 Å². The Balaban J connectivity index is 1.66. The second kappa shape index (κ2) is 10.7. The third kappa shape index (κ3) is 5.93. The highest BCUT2D eigenvalue weighted by Crippen LogP contribution is 2.19. The minimum absolute atomic E-state index is 0.197. The molecule has 3 rings (SSSR count). The molecular formula is C23H25ClN4O3. The smallest absolute Gasteiger partial charge is 0.259 e. The van der Waals surface area contributed by atoms with Crippen LogP contribution in [0.15, 0.2) is 54.7 Å². The van der Waals surface area contributed by atoms with Crippen molar-refractivity contribution in [3.63, 3.8) is 0 Å². The number of carbonyl (C=O) groups excluding carboxylic acids is 2. The zero-order valence-electron chi connectivity index (χ0n) is 17.5. The van der Waals surface area contributed by atoms with Crippen molar-refractivity contribution in [1.82, 2.24) is 15.1 Å². The first kappa shape index (κ1) is 22.5. The number of benzene rings is 2.